The molecule has 0 saturated carbocycles. The van der Waals surface area contributed by atoms with E-state index < -0.39 is 4.92 Å². The van der Waals surface area contributed by atoms with Gasteiger partial charge in [0.1, 0.15) is 0 Å². The van der Waals surface area contributed by atoms with Crippen molar-refractivity contribution in [2.75, 3.05) is 0 Å². The summed E-state index contributed by atoms with van der Waals surface area (Å²) in [6.45, 7) is 1.79. The molecule has 17 heavy (non-hydrogen) atoms. The van der Waals surface area contributed by atoms with Gasteiger partial charge in [-0.3, -0.25) is 10.1 Å². The van der Waals surface area contributed by atoms with Crippen molar-refractivity contribution in [3.8, 4) is 6.07 Å². The SMILES string of the molecule is C[C@@H](C#N)Sc1nc2ccc([N+](=O)[O-])cc2s1. The quantitative estimate of drug-likeness (QED) is 0.483. The van der Waals surface area contributed by atoms with Crippen LogP contribution < -0.4 is 0 Å². The molecule has 0 aliphatic heterocycles. The fraction of sp³-hybridized carbons (Fsp3) is 0.200. The molecule has 0 N–H and O–H groups in total. The number of nitriles is 1. The molecule has 0 saturated heterocycles. The number of hydrogen-bond donors (Lipinski definition) is 0. The number of non-ortho nitro benzene ring substituents is 1. The summed E-state index contributed by atoms with van der Waals surface area (Å²) in [4.78, 5) is 14.5. The van der Waals surface area contributed by atoms with Gasteiger partial charge in [0, 0.05) is 12.1 Å². The number of benzene rings is 1. The van der Waals surface area contributed by atoms with E-state index in [0.717, 1.165) is 14.6 Å². The topological polar surface area (TPSA) is 79.8 Å². The van der Waals surface area contributed by atoms with E-state index >= 15 is 0 Å². The van der Waals surface area contributed by atoms with Gasteiger partial charge in [-0.05, 0) is 13.0 Å². The molecule has 0 spiro atoms. The van der Waals surface area contributed by atoms with E-state index in [-0.39, 0.29) is 10.9 Å². The number of aromatic nitrogens is 1. The first-order valence-corrected chi connectivity index (χ1v) is 6.41. The third-order valence-corrected chi connectivity index (χ3v) is 4.13. The molecule has 0 aliphatic rings. The lowest BCUT2D eigenvalue weighted by atomic mass is 10.3. The predicted octanol–water partition coefficient (Wildman–Crippen LogP) is 3.21. The minimum absolute atomic E-state index is 0.0611. The molecule has 1 aromatic carbocycles. The molecule has 0 amide bonds. The molecule has 0 radical (unpaired) electrons. The first-order chi connectivity index (χ1) is 8.10. The fourth-order valence-electron chi connectivity index (χ4n) is 1.23. The maximum atomic E-state index is 10.6. The minimum Gasteiger partial charge on any atom is -0.258 e. The number of fused-ring (bicyclic) bond motifs is 1. The van der Waals surface area contributed by atoms with Crippen molar-refractivity contribution in [1.29, 1.82) is 5.26 Å². The molecule has 1 atom stereocenters. The number of nitro groups is 1. The van der Waals surface area contributed by atoms with Crippen molar-refractivity contribution in [1.82, 2.24) is 4.98 Å². The summed E-state index contributed by atoms with van der Waals surface area (Å²) >= 11 is 2.73. The van der Waals surface area contributed by atoms with Crippen LogP contribution in [0.5, 0.6) is 0 Å². The van der Waals surface area contributed by atoms with Crippen LogP contribution in [0.2, 0.25) is 0 Å². The molecule has 5 nitrogen and oxygen atoms in total. The van der Waals surface area contributed by atoms with Gasteiger partial charge in [0.05, 0.1) is 26.5 Å². The number of hydrogen-bond acceptors (Lipinski definition) is 6. The molecule has 86 valence electrons. The van der Waals surface area contributed by atoms with Crippen LogP contribution in [-0.4, -0.2) is 15.2 Å². The molecular weight excluding hydrogens is 258 g/mol. The van der Waals surface area contributed by atoms with E-state index in [1.54, 1.807) is 13.0 Å². The number of nitro benzene ring substituents is 1. The van der Waals surface area contributed by atoms with Crippen molar-refractivity contribution >= 4 is 39.0 Å². The molecule has 0 unspecified atom stereocenters. The Morgan fingerprint density at radius 1 is 1.65 bits per heavy atom. The summed E-state index contributed by atoms with van der Waals surface area (Å²) in [5.74, 6) is 0. The highest BCUT2D eigenvalue weighted by molar-refractivity contribution is 8.01. The monoisotopic (exact) mass is 265 g/mol. The second-order valence-electron chi connectivity index (χ2n) is 3.28. The van der Waals surface area contributed by atoms with Gasteiger partial charge in [0.2, 0.25) is 0 Å². The van der Waals surface area contributed by atoms with Crippen molar-refractivity contribution in [2.24, 2.45) is 0 Å². The summed E-state index contributed by atoms with van der Waals surface area (Å²) in [5.41, 5.74) is 0.791. The van der Waals surface area contributed by atoms with Gasteiger partial charge in [0.25, 0.3) is 5.69 Å². The Balaban J connectivity index is 2.37. The summed E-state index contributed by atoms with van der Waals surface area (Å²) in [6, 6.07) is 6.68. The Hall–Kier alpha value is -1.65. The second kappa shape index (κ2) is 4.69. The van der Waals surface area contributed by atoms with Crippen LogP contribution in [0.15, 0.2) is 22.5 Å². The van der Waals surface area contributed by atoms with Crippen molar-refractivity contribution in [2.45, 2.75) is 16.5 Å². The van der Waals surface area contributed by atoms with Crippen molar-refractivity contribution in [3.05, 3.63) is 28.3 Å². The molecular formula is C10H7N3O2S2. The van der Waals surface area contributed by atoms with Crippen molar-refractivity contribution < 1.29 is 4.92 Å². The van der Waals surface area contributed by atoms with E-state index in [9.17, 15) is 10.1 Å². The summed E-state index contributed by atoms with van der Waals surface area (Å²) in [5, 5.41) is 19.1. The molecule has 7 heteroatoms. The Morgan fingerprint density at radius 2 is 2.41 bits per heavy atom. The number of thiazole rings is 1. The maximum Gasteiger partial charge on any atom is 0.270 e. The lowest BCUT2D eigenvalue weighted by molar-refractivity contribution is -0.384. The van der Waals surface area contributed by atoms with E-state index in [4.69, 9.17) is 5.26 Å². The molecule has 0 fully saturated rings. The zero-order chi connectivity index (χ0) is 12.4. The van der Waals surface area contributed by atoms with Gasteiger partial charge in [-0.25, -0.2) is 4.98 Å². The highest BCUT2D eigenvalue weighted by Crippen LogP contribution is 2.33. The summed E-state index contributed by atoms with van der Waals surface area (Å²) in [7, 11) is 0. The Morgan fingerprint density at radius 3 is 3.06 bits per heavy atom. The van der Waals surface area contributed by atoms with E-state index in [1.165, 1.54) is 35.2 Å². The smallest absolute Gasteiger partial charge is 0.258 e. The molecule has 2 rings (SSSR count). The Labute approximate surface area is 105 Å². The molecule has 0 bridgehead atoms. The Kier molecular flexibility index (Phi) is 3.26. The van der Waals surface area contributed by atoms with Crippen LogP contribution in [0.25, 0.3) is 10.2 Å². The average Bonchev–Trinajstić information content (AvgIpc) is 2.69. The fourth-order valence-corrected chi connectivity index (χ4v) is 3.36. The van der Waals surface area contributed by atoms with Gasteiger partial charge in [0.15, 0.2) is 4.34 Å². The average molecular weight is 265 g/mol. The summed E-state index contributed by atoms with van der Waals surface area (Å²) < 4.78 is 1.53. The van der Waals surface area contributed by atoms with Crippen LogP contribution >= 0.6 is 23.1 Å². The zero-order valence-electron chi connectivity index (χ0n) is 8.78. The lowest BCUT2D eigenvalue weighted by Gasteiger charge is -1.94. The van der Waals surface area contributed by atoms with Gasteiger partial charge >= 0.3 is 0 Å². The van der Waals surface area contributed by atoms with Crippen LogP contribution in [0.1, 0.15) is 6.92 Å². The standard InChI is InChI=1S/C10H7N3O2S2/c1-6(5-11)16-10-12-8-3-2-7(13(14)15)4-9(8)17-10/h2-4,6H,1H3/t6-/m0/s1. The molecule has 1 heterocycles. The molecule has 0 aliphatic carbocycles. The van der Waals surface area contributed by atoms with E-state index in [1.807, 2.05) is 0 Å². The van der Waals surface area contributed by atoms with Crippen LogP contribution in [-0.2, 0) is 0 Å². The number of rotatable bonds is 3. The largest absolute Gasteiger partial charge is 0.270 e. The first kappa shape index (κ1) is 11.8. The van der Waals surface area contributed by atoms with E-state index in [0.29, 0.717) is 0 Å². The second-order valence-corrected chi connectivity index (χ2v) is 5.90. The Bertz CT molecular complexity index is 618. The van der Waals surface area contributed by atoms with Gasteiger partial charge in [-0.1, -0.05) is 11.8 Å². The highest BCUT2D eigenvalue weighted by Gasteiger charge is 2.12. The summed E-state index contributed by atoms with van der Waals surface area (Å²) in [6.07, 6.45) is 0. The van der Waals surface area contributed by atoms with E-state index in [2.05, 4.69) is 11.1 Å². The molecule has 2 aromatic rings. The number of thioether (sulfide) groups is 1. The first-order valence-electron chi connectivity index (χ1n) is 4.71. The van der Waals surface area contributed by atoms with Gasteiger partial charge in [-0.2, -0.15) is 5.26 Å². The van der Waals surface area contributed by atoms with Crippen molar-refractivity contribution in [3.63, 3.8) is 0 Å². The minimum atomic E-state index is -0.427. The van der Waals surface area contributed by atoms with Crippen LogP contribution in [0.4, 0.5) is 5.69 Å². The lowest BCUT2D eigenvalue weighted by Crippen LogP contribution is -1.88. The predicted molar refractivity (Wildman–Crippen MR) is 67.2 cm³/mol. The normalized spacial score (nSPS) is 12.2. The maximum absolute atomic E-state index is 10.6. The van der Waals surface area contributed by atoms with Crippen LogP contribution in [0.3, 0.4) is 0 Å². The zero-order valence-corrected chi connectivity index (χ0v) is 10.4. The van der Waals surface area contributed by atoms with Crippen LogP contribution in [0, 0.1) is 21.4 Å². The third kappa shape index (κ3) is 2.54. The van der Waals surface area contributed by atoms with Gasteiger partial charge in [-0.15, -0.1) is 11.3 Å². The van der Waals surface area contributed by atoms with Gasteiger partial charge < -0.3 is 0 Å². The third-order valence-electron chi connectivity index (χ3n) is 2.02. The number of nitrogens with zero attached hydrogens (tertiary/aromatic N) is 3. The molecule has 1 aromatic heterocycles. The highest BCUT2D eigenvalue weighted by atomic mass is 32.2.